The molecule has 0 unspecified atom stereocenters. The highest BCUT2D eigenvalue weighted by molar-refractivity contribution is 7.80. The molecule has 3 heteroatoms. The Morgan fingerprint density at radius 2 is 2.22 bits per heavy atom. The van der Waals surface area contributed by atoms with Crippen molar-refractivity contribution in [2.45, 2.75) is 18.9 Å². The molecule has 0 spiro atoms. The molecule has 0 saturated carbocycles. The van der Waals surface area contributed by atoms with E-state index >= 15 is 0 Å². The molecular formula is C15H17NOS. The number of hydrogen-bond acceptors (Lipinski definition) is 3. The summed E-state index contributed by atoms with van der Waals surface area (Å²) in [6, 6.07) is 8.03. The highest BCUT2D eigenvalue weighted by Gasteiger charge is 2.07. The summed E-state index contributed by atoms with van der Waals surface area (Å²) in [5.74, 6) is 0. The molecule has 2 rings (SSSR count). The van der Waals surface area contributed by atoms with Gasteiger partial charge in [-0.25, -0.2) is 0 Å². The third-order valence-corrected chi connectivity index (χ3v) is 3.21. The van der Waals surface area contributed by atoms with E-state index < -0.39 is 0 Å². The molecule has 18 heavy (non-hydrogen) atoms. The summed E-state index contributed by atoms with van der Waals surface area (Å²) in [5, 5.41) is 8.98. The molecule has 94 valence electrons. The number of thiocarbonyl (C=S) groups is 1. The molecule has 1 aliphatic carbocycles. The van der Waals surface area contributed by atoms with Crippen LogP contribution in [0.2, 0.25) is 0 Å². The van der Waals surface area contributed by atoms with Crippen LogP contribution in [0.25, 0.3) is 5.57 Å². The van der Waals surface area contributed by atoms with E-state index in [2.05, 4.69) is 24.3 Å². The summed E-state index contributed by atoms with van der Waals surface area (Å²) in [7, 11) is 0. The molecule has 1 atom stereocenters. The van der Waals surface area contributed by atoms with Gasteiger partial charge in [0.25, 0.3) is 0 Å². The third kappa shape index (κ3) is 3.35. The number of aliphatic hydroxyl groups excluding tert-OH is 1. The normalized spacial score (nSPS) is 16.6. The number of rotatable bonds is 4. The van der Waals surface area contributed by atoms with E-state index in [0.717, 1.165) is 28.0 Å². The second kappa shape index (κ2) is 6.05. The number of benzene rings is 1. The van der Waals surface area contributed by atoms with Gasteiger partial charge in [0.1, 0.15) is 0 Å². The Balaban J connectivity index is 2.22. The quantitative estimate of drug-likeness (QED) is 0.815. The average Bonchev–Trinajstić information content (AvgIpc) is 2.39. The molecule has 1 aromatic rings. The van der Waals surface area contributed by atoms with E-state index in [-0.39, 0.29) is 12.6 Å². The van der Waals surface area contributed by atoms with Crippen molar-refractivity contribution in [1.82, 2.24) is 0 Å². The summed E-state index contributed by atoms with van der Waals surface area (Å²) in [5.41, 5.74) is 9.19. The van der Waals surface area contributed by atoms with E-state index in [1.54, 1.807) is 0 Å². The van der Waals surface area contributed by atoms with Crippen LogP contribution >= 0.6 is 12.2 Å². The summed E-state index contributed by atoms with van der Waals surface area (Å²) in [6.07, 6.45) is 7.77. The minimum absolute atomic E-state index is 0.0108. The largest absolute Gasteiger partial charge is 0.395 e. The van der Waals surface area contributed by atoms with Crippen LogP contribution in [0.3, 0.4) is 0 Å². The Bertz CT molecular complexity index is 505. The van der Waals surface area contributed by atoms with Crippen LogP contribution < -0.4 is 5.73 Å². The van der Waals surface area contributed by atoms with E-state index in [4.69, 9.17) is 23.1 Å². The van der Waals surface area contributed by atoms with Crippen molar-refractivity contribution in [3.63, 3.8) is 0 Å². The highest BCUT2D eigenvalue weighted by Crippen LogP contribution is 2.21. The van der Waals surface area contributed by atoms with Crippen molar-refractivity contribution in [3.05, 3.63) is 53.6 Å². The van der Waals surface area contributed by atoms with E-state index in [1.807, 2.05) is 18.2 Å². The topological polar surface area (TPSA) is 46.2 Å². The molecule has 0 fully saturated rings. The molecular weight excluding hydrogens is 242 g/mol. The smallest absolute Gasteiger partial charge is 0.0585 e. The first-order valence-corrected chi connectivity index (χ1v) is 6.46. The maximum absolute atomic E-state index is 8.98. The van der Waals surface area contributed by atoms with Gasteiger partial charge in [-0.3, -0.25) is 0 Å². The molecule has 1 aliphatic rings. The van der Waals surface area contributed by atoms with E-state index in [9.17, 15) is 0 Å². The second-order valence-corrected chi connectivity index (χ2v) is 5.04. The lowest BCUT2D eigenvalue weighted by atomic mass is 9.96. The molecule has 0 aliphatic heterocycles. The average molecular weight is 259 g/mol. The lowest BCUT2D eigenvalue weighted by molar-refractivity contribution is 0.265. The van der Waals surface area contributed by atoms with Crippen LogP contribution in [0.4, 0.5) is 0 Å². The first-order chi connectivity index (χ1) is 8.69. The van der Waals surface area contributed by atoms with Gasteiger partial charge in [-0.1, -0.05) is 48.6 Å². The Morgan fingerprint density at radius 3 is 2.94 bits per heavy atom. The predicted octanol–water partition coefficient (Wildman–Crippen LogP) is 2.26. The van der Waals surface area contributed by atoms with Gasteiger partial charge in [0.2, 0.25) is 0 Å². The minimum atomic E-state index is -0.197. The Morgan fingerprint density at radius 1 is 1.39 bits per heavy atom. The standard InChI is InChI=1S/C15H17NOS/c16-14(10-17)8-11-3-1-4-12(7-11)13-5-2-6-15(18)9-13/h1-5,7,9,14,17H,6,8,10,16H2/t14-/m0/s1. The van der Waals surface area contributed by atoms with Gasteiger partial charge in [0.15, 0.2) is 0 Å². The predicted molar refractivity (Wildman–Crippen MR) is 79.5 cm³/mol. The van der Waals surface area contributed by atoms with Gasteiger partial charge >= 0.3 is 0 Å². The van der Waals surface area contributed by atoms with Crippen molar-refractivity contribution in [2.75, 3.05) is 6.61 Å². The molecule has 0 radical (unpaired) electrons. The van der Waals surface area contributed by atoms with E-state index in [0.29, 0.717) is 6.42 Å². The van der Waals surface area contributed by atoms with Crippen molar-refractivity contribution >= 4 is 22.7 Å². The minimum Gasteiger partial charge on any atom is -0.395 e. The summed E-state index contributed by atoms with van der Waals surface area (Å²) >= 11 is 5.22. The third-order valence-electron chi connectivity index (χ3n) is 2.93. The van der Waals surface area contributed by atoms with Crippen LogP contribution in [0, 0.1) is 0 Å². The van der Waals surface area contributed by atoms with Crippen LogP contribution in [0.5, 0.6) is 0 Å². The zero-order valence-corrected chi connectivity index (χ0v) is 11.0. The Labute approximate surface area is 113 Å². The molecule has 1 aromatic carbocycles. The van der Waals surface area contributed by atoms with Crippen LogP contribution in [0.1, 0.15) is 17.5 Å². The van der Waals surface area contributed by atoms with Gasteiger partial charge in [0, 0.05) is 17.3 Å². The van der Waals surface area contributed by atoms with Gasteiger partial charge in [-0.2, -0.15) is 0 Å². The highest BCUT2D eigenvalue weighted by atomic mass is 32.1. The van der Waals surface area contributed by atoms with Gasteiger partial charge in [0.05, 0.1) is 6.61 Å². The summed E-state index contributed by atoms with van der Waals surface area (Å²) < 4.78 is 0. The second-order valence-electron chi connectivity index (χ2n) is 4.52. The number of aliphatic hydroxyl groups is 1. The SMILES string of the molecule is N[C@H](CO)Cc1cccc(C2=CC(=S)CC=C2)c1. The number of hydrogen-bond donors (Lipinski definition) is 2. The fourth-order valence-corrected chi connectivity index (χ4v) is 2.23. The van der Waals surface area contributed by atoms with Crippen molar-refractivity contribution < 1.29 is 5.11 Å². The lowest BCUT2D eigenvalue weighted by Gasteiger charge is -2.12. The zero-order valence-electron chi connectivity index (χ0n) is 10.2. The van der Waals surface area contributed by atoms with E-state index in [1.165, 1.54) is 0 Å². The molecule has 0 bridgehead atoms. The first-order valence-electron chi connectivity index (χ1n) is 6.06. The maximum Gasteiger partial charge on any atom is 0.0585 e. The molecule has 0 saturated heterocycles. The Hall–Kier alpha value is -1.29. The first kappa shape index (κ1) is 13.1. The molecule has 0 amide bonds. The van der Waals surface area contributed by atoms with Gasteiger partial charge in [-0.05, 0) is 29.2 Å². The summed E-state index contributed by atoms with van der Waals surface area (Å²) in [4.78, 5) is 0.963. The van der Waals surface area contributed by atoms with Gasteiger partial charge in [-0.15, -0.1) is 0 Å². The molecule has 3 N–H and O–H groups in total. The van der Waals surface area contributed by atoms with Crippen molar-refractivity contribution in [2.24, 2.45) is 5.73 Å². The van der Waals surface area contributed by atoms with Crippen LogP contribution in [0.15, 0.2) is 42.5 Å². The molecule has 0 aromatic heterocycles. The maximum atomic E-state index is 8.98. The fourth-order valence-electron chi connectivity index (χ4n) is 2.01. The molecule has 0 heterocycles. The van der Waals surface area contributed by atoms with Crippen molar-refractivity contribution in [1.29, 1.82) is 0 Å². The van der Waals surface area contributed by atoms with Crippen molar-refractivity contribution in [3.8, 4) is 0 Å². The Kier molecular flexibility index (Phi) is 4.42. The van der Waals surface area contributed by atoms with Crippen LogP contribution in [-0.4, -0.2) is 22.6 Å². The lowest BCUT2D eigenvalue weighted by Crippen LogP contribution is -2.26. The van der Waals surface area contributed by atoms with Crippen LogP contribution in [-0.2, 0) is 6.42 Å². The number of nitrogens with two attached hydrogens (primary N) is 1. The fraction of sp³-hybridized carbons (Fsp3) is 0.267. The summed E-state index contributed by atoms with van der Waals surface area (Å²) in [6.45, 7) is 0.0108. The number of allylic oxidation sites excluding steroid dienone is 4. The zero-order chi connectivity index (χ0) is 13.0. The monoisotopic (exact) mass is 259 g/mol. The molecule has 2 nitrogen and oxygen atoms in total. The van der Waals surface area contributed by atoms with Gasteiger partial charge < -0.3 is 10.8 Å².